The average molecular weight is 930 g/mol. The normalized spacial score (nSPS) is 40.4. The Kier molecular flexibility index (Phi) is 21.3. The fourth-order valence-electron chi connectivity index (χ4n) is 10.1. The highest BCUT2D eigenvalue weighted by Crippen LogP contribution is 2.38. The average Bonchev–Trinajstić information content (AvgIpc) is 3.28. The molecule has 14 heteroatoms. The predicted molar refractivity (Wildman–Crippen MR) is 252 cm³/mol. The first kappa shape index (κ1) is 54.6. The van der Waals surface area contributed by atoms with Gasteiger partial charge in [0.05, 0.1) is 18.3 Å². The van der Waals surface area contributed by atoms with Crippen LogP contribution >= 0.6 is 11.8 Å². The van der Waals surface area contributed by atoms with Gasteiger partial charge in [0.15, 0.2) is 5.78 Å². The summed E-state index contributed by atoms with van der Waals surface area (Å²) in [5.74, 6) is -7.73. The third-order valence-corrected chi connectivity index (χ3v) is 15.6. The van der Waals surface area contributed by atoms with Crippen LogP contribution in [0.15, 0.2) is 47.6 Å². The number of esters is 1. The Morgan fingerprint density at radius 2 is 1.62 bits per heavy atom. The van der Waals surface area contributed by atoms with Gasteiger partial charge in [-0.3, -0.25) is 19.2 Å². The number of aliphatic hydroxyl groups is 3. The number of Topliss-reactive ketones (excluding diaryl/α,β-unsaturated/α-hetero) is 3. The number of allylic oxidation sites excluding steroid dienone is 6. The molecule has 15 atom stereocenters. The third kappa shape index (κ3) is 14.5. The van der Waals surface area contributed by atoms with Crippen LogP contribution in [0, 0.1) is 35.5 Å². The maximum absolute atomic E-state index is 14.4. The Hall–Kier alpha value is -2.98. The number of hydrogen-bond acceptors (Lipinski definition) is 13. The lowest BCUT2D eigenvalue weighted by molar-refractivity contribution is -0.263. The summed E-state index contributed by atoms with van der Waals surface area (Å²) >= 11 is 1.63. The monoisotopic (exact) mass is 930 g/mol. The summed E-state index contributed by atoms with van der Waals surface area (Å²) in [7, 11) is 2.96. The van der Waals surface area contributed by atoms with E-state index >= 15 is 0 Å². The van der Waals surface area contributed by atoms with Gasteiger partial charge >= 0.3 is 5.97 Å². The molecule has 0 aromatic carbocycles. The number of methoxy groups -OCH3 is 2. The molecule has 1 saturated carbocycles. The maximum Gasteiger partial charge on any atom is 0.329 e. The zero-order valence-corrected chi connectivity index (χ0v) is 41.4. The minimum absolute atomic E-state index is 0.000885. The number of ether oxygens (including phenoxy) is 4. The number of fused-ring (bicyclic) bond motifs is 3. The molecule has 3 N–H and O–H groups in total. The van der Waals surface area contributed by atoms with Gasteiger partial charge in [-0.2, -0.15) is 11.8 Å². The van der Waals surface area contributed by atoms with Gasteiger partial charge in [0.2, 0.25) is 5.79 Å². The standard InChI is InChI=1S/C51H79NO12S/c1-30-16-12-11-13-17-31(2)44(65-10)28-38-21-19-36(7)51(60,64-38)48(57)49(58)52-23-15-14-18-39(52)50(59)63-42(33(4)26-37-20-22-40(53)43(27-37)61-8)29-41(54)32(3)25-35(6)46(56)47(62-9)45(55)34(5)24-30/h11-13,16-17,25,30,32-34,36-40,42-44,46-47,53,56,60H,14-15,18-24,26-29H2,1-10H3/b13-11+,16-12+,31-17+,35-25+/t30-,32-,33-,34-,36-,37+,38+,39+,40+,42+,43-,44+,46-,47-,51-/m1/s1. The molecule has 1 amide bonds. The van der Waals surface area contributed by atoms with Crippen molar-refractivity contribution in [2.45, 2.75) is 179 Å². The molecule has 3 fully saturated rings. The number of nitrogens with zero attached hydrogens (tertiary/aromatic N) is 1. The Balaban J connectivity index is 1.70. The minimum atomic E-state index is -2.38. The molecule has 3 aliphatic heterocycles. The number of rotatable bonds is 6. The van der Waals surface area contributed by atoms with Crippen molar-refractivity contribution in [2.75, 3.05) is 27.0 Å². The van der Waals surface area contributed by atoms with Gasteiger partial charge in [0.25, 0.3) is 11.7 Å². The van der Waals surface area contributed by atoms with Gasteiger partial charge in [-0.05, 0) is 114 Å². The van der Waals surface area contributed by atoms with Crippen molar-refractivity contribution in [3.63, 3.8) is 0 Å². The van der Waals surface area contributed by atoms with Crippen molar-refractivity contribution in [1.82, 2.24) is 4.90 Å². The molecule has 13 nitrogen and oxygen atoms in total. The molecule has 1 aliphatic carbocycles. The van der Waals surface area contributed by atoms with E-state index in [0.29, 0.717) is 63.4 Å². The second kappa shape index (κ2) is 25.4. The summed E-state index contributed by atoms with van der Waals surface area (Å²) in [6, 6.07) is -1.12. The van der Waals surface area contributed by atoms with E-state index in [2.05, 4.69) is 0 Å². The van der Waals surface area contributed by atoms with Crippen LogP contribution in [-0.4, -0.2) is 130 Å². The number of aliphatic hydroxyl groups excluding tert-OH is 2. The van der Waals surface area contributed by atoms with Crippen LogP contribution < -0.4 is 0 Å². The number of thioether (sulfide) groups is 1. The molecule has 3 heterocycles. The van der Waals surface area contributed by atoms with E-state index in [4.69, 9.17) is 18.9 Å². The molecule has 0 unspecified atom stereocenters. The topological polar surface area (TPSA) is 186 Å². The van der Waals surface area contributed by atoms with Crippen molar-refractivity contribution >= 4 is 41.0 Å². The third-order valence-electron chi connectivity index (χ3n) is 14.5. The van der Waals surface area contributed by atoms with Gasteiger partial charge in [-0.15, -0.1) is 0 Å². The second-order valence-corrected chi connectivity index (χ2v) is 20.6. The fraction of sp³-hybridized carbons (Fsp3) is 0.745. The van der Waals surface area contributed by atoms with Crippen LogP contribution in [0.5, 0.6) is 0 Å². The summed E-state index contributed by atoms with van der Waals surface area (Å²) in [4.78, 5) is 71.9. The highest BCUT2D eigenvalue weighted by atomic mass is 32.2. The van der Waals surface area contributed by atoms with Gasteiger partial charge in [0, 0.05) is 50.2 Å². The molecule has 2 bridgehead atoms. The second-order valence-electron chi connectivity index (χ2n) is 19.6. The number of ketones is 3. The number of cyclic esters (lactones) is 1. The SMILES string of the molecule is CO[C@@H]1C(=O)[C@H](C)C[C@H](C)/C=C/C=C/C=C(\C)[C@@H](SC)C[C@@H]2CC[C@@H](C)[C@@](O)(O2)C(=O)C(=O)N2CCCC[C@H]2C(=O)O[C@H]([C@H](C)C[C@@H]2CC[C@H](O)[C@H](OC)C2)CC(=O)[C@H](C)/C=C(\C)[C@H]1O. The van der Waals surface area contributed by atoms with Crippen LogP contribution in [0.4, 0.5) is 0 Å². The van der Waals surface area contributed by atoms with Crippen molar-refractivity contribution in [2.24, 2.45) is 35.5 Å². The summed E-state index contributed by atoms with van der Waals surface area (Å²) in [6.07, 6.45) is 14.4. The molecular formula is C51H79NO12S. The lowest BCUT2D eigenvalue weighted by Crippen LogP contribution is -2.60. The van der Waals surface area contributed by atoms with E-state index in [1.165, 1.54) is 12.0 Å². The largest absolute Gasteiger partial charge is 0.460 e. The highest BCUT2D eigenvalue weighted by molar-refractivity contribution is 7.99. The van der Waals surface area contributed by atoms with Crippen molar-refractivity contribution in [1.29, 1.82) is 0 Å². The summed E-state index contributed by atoms with van der Waals surface area (Å²) in [5, 5.41) is 33.9. The maximum atomic E-state index is 14.4. The molecule has 4 aliphatic rings. The Labute approximate surface area is 392 Å². The molecule has 366 valence electrons. The molecule has 0 spiro atoms. The number of carbonyl (C=O) groups is 5. The van der Waals surface area contributed by atoms with Crippen LogP contribution in [0.1, 0.15) is 126 Å². The lowest BCUT2D eigenvalue weighted by atomic mass is 9.78. The molecule has 0 radical (unpaired) electrons. The van der Waals surface area contributed by atoms with Crippen LogP contribution in [0.2, 0.25) is 0 Å². The van der Waals surface area contributed by atoms with Crippen LogP contribution in [-0.2, 0) is 42.9 Å². The highest BCUT2D eigenvalue weighted by Gasteiger charge is 2.53. The first-order chi connectivity index (χ1) is 30.7. The van der Waals surface area contributed by atoms with Gasteiger partial charge in [-0.1, -0.05) is 76.6 Å². The molecule has 0 aromatic rings. The van der Waals surface area contributed by atoms with E-state index in [-0.39, 0.29) is 60.1 Å². The Morgan fingerprint density at radius 1 is 0.892 bits per heavy atom. The minimum Gasteiger partial charge on any atom is -0.460 e. The zero-order valence-electron chi connectivity index (χ0n) is 40.6. The Morgan fingerprint density at radius 3 is 2.29 bits per heavy atom. The first-order valence-electron chi connectivity index (χ1n) is 23.9. The van der Waals surface area contributed by atoms with Gasteiger partial charge in [-0.25, -0.2) is 4.79 Å². The van der Waals surface area contributed by atoms with Crippen molar-refractivity contribution in [3.05, 3.63) is 47.6 Å². The first-order valence-corrected chi connectivity index (χ1v) is 25.2. The van der Waals surface area contributed by atoms with Gasteiger partial charge < -0.3 is 39.2 Å². The van der Waals surface area contributed by atoms with E-state index in [0.717, 1.165) is 12.0 Å². The van der Waals surface area contributed by atoms with Crippen molar-refractivity contribution in [3.8, 4) is 0 Å². The molecule has 65 heavy (non-hydrogen) atoms. The van der Waals surface area contributed by atoms with E-state index in [1.54, 1.807) is 45.7 Å². The number of amides is 1. The van der Waals surface area contributed by atoms with E-state index in [1.807, 2.05) is 64.3 Å². The van der Waals surface area contributed by atoms with Crippen LogP contribution in [0.25, 0.3) is 0 Å². The fourth-order valence-corrected chi connectivity index (χ4v) is 11.0. The predicted octanol–water partition coefficient (Wildman–Crippen LogP) is 6.90. The van der Waals surface area contributed by atoms with Gasteiger partial charge in [0.1, 0.15) is 30.1 Å². The number of piperidine rings is 1. The molecule has 0 aromatic heterocycles. The van der Waals surface area contributed by atoms with Crippen LogP contribution in [0.3, 0.4) is 0 Å². The quantitative estimate of drug-likeness (QED) is 0.142. The molecular weight excluding hydrogens is 851 g/mol. The lowest BCUT2D eigenvalue weighted by Gasteiger charge is -2.42. The van der Waals surface area contributed by atoms with Crippen molar-refractivity contribution < 1.29 is 58.2 Å². The number of carbonyl (C=O) groups excluding carboxylic acids is 5. The summed E-state index contributed by atoms with van der Waals surface area (Å²) in [6.45, 7) is 12.9. The summed E-state index contributed by atoms with van der Waals surface area (Å²) in [5.41, 5.74) is 1.46. The van der Waals surface area contributed by atoms with E-state index in [9.17, 15) is 39.3 Å². The van der Waals surface area contributed by atoms with E-state index < -0.39 is 77.8 Å². The smallest absolute Gasteiger partial charge is 0.329 e. The zero-order chi connectivity index (χ0) is 48.2. The molecule has 4 rings (SSSR count). The Bertz CT molecular complexity index is 1760. The summed E-state index contributed by atoms with van der Waals surface area (Å²) < 4.78 is 23.6. The number of hydrogen-bond donors (Lipinski definition) is 3. The molecule has 2 saturated heterocycles.